The highest BCUT2D eigenvalue weighted by atomic mass is 32.1. The lowest BCUT2D eigenvalue weighted by Crippen LogP contribution is -2.14. The minimum absolute atomic E-state index is 0.218. The van der Waals surface area contributed by atoms with Crippen LogP contribution in [0.4, 0.5) is 5.13 Å². The summed E-state index contributed by atoms with van der Waals surface area (Å²) in [5, 5.41) is 15.4. The highest BCUT2D eigenvalue weighted by molar-refractivity contribution is 7.13. The fourth-order valence-corrected chi connectivity index (χ4v) is 3.23. The van der Waals surface area contributed by atoms with Crippen molar-refractivity contribution in [3.8, 4) is 5.69 Å². The van der Waals surface area contributed by atoms with Crippen LogP contribution >= 0.6 is 11.3 Å². The number of aromatic nitrogens is 4. The third kappa shape index (κ3) is 2.19. The summed E-state index contributed by atoms with van der Waals surface area (Å²) in [6.07, 6.45) is 2.89. The lowest BCUT2D eigenvalue weighted by Gasteiger charge is -2.04. The number of hydrogen-bond donors (Lipinski definition) is 1. The molecule has 2 aromatic heterocycles. The van der Waals surface area contributed by atoms with E-state index in [0.29, 0.717) is 10.8 Å². The molecule has 1 amide bonds. The van der Waals surface area contributed by atoms with Gasteiger partial charge in [-0.25, -0.2) is 4.68 Å². The lowest BCUT2D eigenvalue weighted by atomic mass is 10.2. The number of fused-ring (bicyclic) bond motifs is 1. The molecule has 0 bridgehead atoms. The monoisotopic (exact) mass is 311 g/mol. The maximum absolute atomic E-state index is 12.5. The predicted octanol–water partition coefficient (Wildman–Crippen LogP) is 2.46. The molecule has 7 heteroatoms. The topological polar surface area (TPSA) is 72.7 Å². The van der Waals surface area contributed by atoms with Gasteiger partial charge >= 0.3 is 0 Å². The molecule has 110 valence electrons. The third-order valence-electron chi connectivity index (χ3n) is 3.73. The molecule has 6 nitrogen and oxygen atoms in total. The Labute approximate surface area is 130 Å². The number of nitrogens with one attached hydrogen (secondary N) is 1. The van der Waals surface area contributed by atoms with Crippen LogP contribution in [0.25, 0.3) is 5.69 Å². The van der Waals surface area contributed by atoms with Crippen LogP contribution in [0, 0.1) is 0 Å². The van der Waals surface area contributed by atoms with Gasteiger partial charge in [0.2, 0.25) is 5.13 Å². The Morgan fingerprint density at radius 3 is 2.86 bits per heavy atom. The summed E-state index contributed by atoms with van der Waals surface area (Å²) < 4.78 is 1.89. The van der Waals surface area contributed by atoms with E-state index in [0.717, 1.165) is 36.2 Å². The van der Waals surface area contributed by atoms with Crippen molar-refractivity contribution >= 4 is 22.4 Å². The van der Waals surface area contributed by atoms with Crippen LogP contribution in [0.1, 0.15) is 28.2 Å². The minimum atomic E-state index is -0.218. The maximum Gasteiger partial charge on any atom is 0.278 e. The first-order chi connectivity index (χ1) is 10.8. The molecule has 2 heterocycles. The summed E-state index contributed by atoms with van der Waals surface area (Å²) in [7, 11) is 0. The number of nitrogens with zero attached hydrogens (tertiary/aromatic N) is 4. The van der Waals surface area contributed by atoms with E-state index in [-0.39, 0.29) is 5.91 Å². The van der Waals surface area contributed by atoms with Crippen LogP contribution < -0.4 is 5.32 Å². The molecule has 0 saturated heterocycles. The number of amides is 1. The van der Waals surface area contributed by atoms with E-state index in [1.165, 1.54) is 11.3 Å². The van der Waals surface area contributed by atoms with Gasteiger partial charge in [-0.15, -0.1) is 10.2 Å². The molecule has 4 rings (SSSR count). The van der Waals surface area contributed by atoms with Gasteiger partial charge in [0.1, 0.15) is 5.51 Å². The Hall–Kier alpha value is -2.54. The van der Waals surface area contributed by atoms with Crippen molar-refractivity contribution in [2.45, 2.75) is 19.3 Å². The summed E-state index contributed by atoms with van der Waals surface area (Å²) in [5.41, 5.74) is 5.24. The van der Waals surface area contributed by atoms with Crippen LogP contribution in [-0.2, 0) is 12.8 Å². The summed E-state index contributed by atoms with van der Waals surface area (Å²) in [5.74, 6) is -0.218. The van der Waals surface area contributed by atoms with Gasteiger partial charge < -0.3 is 0 Å². The number of benzene rings is 1. The average molecular weight is 311 g/mol. The Morgan fingerprint density at radius 1 is 1.23 bits per heavy atom. The summed E-state index contributed by atoms with van der Waals surface area (Å²) >= 11 is 1.29. The largest absolute Gasteiger partial charge is 0.295 e. The van der Waals surface area contributed by atoms with Gasteiger partial charge in [0, 0.05) is 11.3 Å². The third-order valence-corrected chi connectivity index (χ3v) is 4.33. The van der Waals surface area contributed by atoms with Gasteiger partial charge in [0.15, 0.2) is 5.69 Å². The van der Waals surface area contributed by atoms with Crippen molar-refractivity contribution < 1.29 is 4.79 Å². The zero-order valence-electron chi connectivity index (χ0n) is 11.7. The van der Waals surface area contributed by atoms with Crippen LogP contribution in [0.15, 0.2) is 35.8 Å². The average Bonchev–Trinajstić information content (AvgIpc) is 3.25. The smallest absolute Gasteiger partial charge is 0.278 e. The predicted molar refractivity (Wildman–Crippen MR) is 83.5 cm³/mol. The van der Waals surface area contributed by atoms with Crippen molar-refractivity contribution in [3.05, 3.63) is 52.8 Å². The van der Waals surface area contributed by atoms with Crippen LogP contribution in [0.5, 0.6) is 0 Å². The van der Waals surface area contributed by atoms with Gasteiger partial charge in [-0.1, -0.05) is 29.5 Å². The highest BCUT2D eigenvalue weighted by Crippen LogP contribution is 2.28. The molecule has 22 heavy (non-hydrogen) atoms. The molecule has 1 N–H and O–H groups in total. The normalized spacial score (nSPS) is 13.1. The lowest BCUT2D eigenvalue weighted by molar-refractivity contribution is 0.102. The van der Waals surface area contributed by atoms with Crippen molar-refractivity contribution in [3.63, 3.8) is 0 Å². The number of anilines is 1. The van der Waals surface area contributed by atoms with Crippen molar-refractivity contribution in [2.75, 3.05) is 5.32 Å². The molecule has 1 aliphatic carbocycles. The van der Waals surface area contributed by atoms with E-state index in [9.17, 15) is 4.79 Å². The second kappa shape index (κ2) is 5.34. The molecular formula is C15H13N5OS. The first-order valence-electron chi connectivity index (χ1n) is 7.06. The standard InChI is InChI=1S/C15H13N5OS/c21-14(17-15-18-16-9-22-15)13-11-7-4-8-12(11)20(19-13)10-5-2-1-3-6-10/h1-3,5-6,9H,4,7-8H2,(H,17,18,21). The van der Waals surface area contributed by atoms with Gasteiger partial charge in [-0.2, -0.15) is 5.10 Å². The highest BCUT2D eigenvalue weighted by Gasteiger charge is 2.27. The molecule has 0 atom stereocenters. The Kier molecular flexibility index (Phi) is 3.19. The summed E-state index contributed by atoms with van der Waals surface area (Å²) in [6.45, 7) is 0. The van der Waals surface area contributed by atoms with Crippen LogP contribution in [0.3, 0.4) is 0 Å². The molecule has 0 saturated carbocycles. The van der Waals surface area contributed by atoms with Crippen molar-refractivity contribution in [1.82, 2.24) is 20.0 Å². The molecule has 3 aromatic rings. The first kappa shape index (κ1) is 13.1. The van der Waals surface area contributed by atoms with Crippen molar-refractivity contribution in [2.24, 2.45) is 0 Å². The van der Waals surface area contributed by atoms with E-state index in [4.69, 9.17) is 0 Å². The second-order valence-electron chi connectivity index (χ2n) is 5.07. The second-order valence-corrected chi connectivity index (χ2v) is 5.91. The van der Waals surface area contributed by atoms with Gasteiger partial charge in [0.25, 0.3) is 5.91 Å². The summed E-state index contributed by atoms with van der Waals surface area (Å²) in [6, 6.07) is 9.91. The van der Waals surface area contributed by atoms with Gasteiger partial charge in [0.05, 0.1) is 5.69 Å². The molecular weight excluding hydrogens is 298 g/mol. The van der Waals surface area contributed by atoms with Crippen LogP contribution in [-0.4, -0.2) is 25.9 Å². The molecule has 0 radical (unpaired) electrons. The van der Waals surface area contributed by atoms with Gasteiger partial charge in [-0.05, 0) is 31.4 Å². The first-order valence-corrected chi connectivity index (χ1v) is 7.94. The number of carbonyl (C=O) groups is 1. The molecule has 0 aliphatic heterocycles. The van der Waals surface area contributed by atoms with E-state index >= 15 is 0 Å². The number of carbonyl (C=O) groups excluding carboxylic acids is 1. The van der Waals surface area contributed by atoms with Crippen LogP contribution in [0.2, 0.25) is 0 Å². The van der Waals surface area contributed by atoms with E-state index < -0.39 is 0 Å². The van der Waals surface area contributed by atoms with Gasteiger partial charge in [-0.3, -0.25) is 10.1 Å². The fraction of sp³-hybridized carbons (Fsp3) is 0.200. The minimum Gasteiger partial charge on any atom is -0.295 e. The van der Waals surface area contributed by atoms with E-state index in [1.807, 2.05) is 35.0 Å². The number of para-hydroxylation sites is 1. The molecule has 0 fully saturated rings. The fourth-order valence-electron chi connectivity index (χ4n) is 2.79. The molecule has 1 aliphatic rings. The Bertz CT molecular complexity index is 810. The maximum atomic E-state index is 12.5. The van der Waals surface area contributed by atoms with E-state index in [2.05, 4.69) is 20.6 Å². The molecule has 0 spiro atoms. The SMILES string of the molecule is O=C(Nc1nncs1)c1nn(-c2ccccc2)c2c1CCC2. The Balaban J connectivity index is 1.73. The quantitative estimate of drug-likeness (QED) is 0.806. The molecule has 0 unspecified atom stereocenters. The number of rotatable bonds is 3. The van der Waals surface area contributed by atoms with Crippen molar-refractivity contribution in [1.29, 1.82) is 0 Å². The number of hydrogen-bond acceptors (Lipinski definition) is 5. The Morgan fingerprint density at radius 2 is 2.09 bits per heavy atom. The van der Waals surface area contributed by atoms with E-state index in [1.54, 1.807) is 5.51 Å². The zero-order chi connectivity index (χ0) is 14.9. The molecule has 1 aromatic carbocycles. The summed E-state index contributed by atoms with van der Waals surface area (Å²) in [4.78, 5) is 12.5. The zero-order valence-corrected chi connectivity index (χ0v) is 12.5.